The van der Waals surface area contributed by atoms with Crippen LogP contribution in [0.25, 0.3) is 11.0 Å². The van der Waals surface area contributed by atoms with Gasteiger partial charge >= 0.3 is 0 Å². The Morgan fingerprint density at radius 3 is 2.72 bits per heavy atom. The Balaban J connectivity index is 2.06. The van der Waals surface area contributed by atoms with E-state index in [1.807, 2.05) is 31.2 Å². The lowest BCUT2D eigenvalue weighted by molar-refractivity contribution is -0.677. The van der Waals surface area contributed by atoms with E-state index in [9.17, 15) is 8.42 Å². The number of nitrogens with one attached hydrogen (secondary N) is 1. The summed E-state index contributed by atoms with van der Waals surface area (Å²) in [5.41, 5.74) is 2.19. The number of aryl methyl sites for hydroxylation is 2. The Morgan fingerprint density at radius 2 is 2.00 bits per heavy atom. The predicted molar refractivity (Wildman–Crippen MR) is 68.9 cm³/mol. The van der Waals surface area contributed by atoms with Crippen molar-refractivity contribution in [2.24, 2.45) is 0 Å². The highest BCUT2D eigenvalue weighted by Gasteiger charge is 2.13. The number of aromatic nitrogens is 2. The van der Waals surface area contributed by atoms with Gasteiger partial charge in [-0.3, -0.25) is 4.55 Å². The van der Waals surface area contributed by atoms with Crippen LogP contribution in [-0.2, 0) is 16.7 Å². The Hall–Kier alpha value is -1.40. The second kappa shape index (κ2) is 5.07. The standard InChI is InChI=1S/C12H16N2O3S/c1-10-13-11-6-2-3-7-12(11)14(10)8-4-5-9-18(15,16)17/h2-3,6-7H,4-5,8-9H2,1H3,(H,15,16,17)/p+1. The maximum atomic E-state index is 10.6. The van der Waals surface area contributed by atoms with Crippen molar-refractivity contribution in [1.82, 2.24) is 4.98 Å². The molecule has 98 valence electrons. The molecule has 1 aromatic carbocycles. The third kappa shape index (κ3) is 3.08. The molecule has 0 aliphatic carbocycles. The Bertz CT molecular complexity index is 646. The molecule has 0 unspecified atom stereocenters. The molecule has 0 amide bonds. The van der Waals surface area contributed by atoms with E-state index in [1.165, 1.54) is 0 Å². The topological polar surface area (TPSA) is 74.0 Å². The zero-order chi connectivity index (χ0) is 13.2. The summed E-state index contributed by atoms with van der Waals surface area (Å²) in [5, 5.41) is 0. The van der Waals surface area contributed by atoms with Gasteiger partial charge in [-0.25, -0.2) is 9.55 Å². The fraction of sp³-hybridized carbons (Fsp3) is 0.417. The number of aromatic amines is 1. The lowest BCUT2D eigenvalue weighted by Crippen LogP contribution is -2.35. The van der Waals surface area contributed by atoms with E-state index in [0.29, 0.717) is 12.8 Å². The largest absolute Gasteiger partial charge is 0.286 e. The first-order chi connectivity index (χ1) is 8.47. The van der Waals surface area contributed by atoms with Crippen molar-refractivity contribution in [1.29, 1.82) is 0 Å². The summed E-state index contributed by atoms with van der Waals surface area (Å²) in [5.74, 6) is 0.873. The Labute approximate surface area is 106 Å². The summed E-state index contributed by atoms with van der Waals surface area (Å²) in [6.45, 7) is 2.73. The average Bonchev–Trinajstić information content (AvgIpc) is 2.59. The van der Waals surface area contributed by atoms with E-state index in [0.717, 1.165) is 23.4 Å². The lowest BCUT2D eigenvalue weighted by atomic mass is 10.3. The molecule has 2 rings (SSSR count). The Kier molecular flexibility index (Phi) is 3.68. The summed E-state index contributed by atoms with van der Waals surface area (Å²) in [6, 6.07) is 7.99. The first-order valence-corrected chi connectivity index (χ1v) is 7.50. The van der Waals surface area contributed by atoms with Crippen LogP contribution in [0, 0.1) is 6.92 Å². The molecule has 18 heavy (non-hydrogen) atoms. The number of benzene rings is 1. The van der Waals surface area contributed by atoms with Crippen molar-refractivity contribution in [3.8, 4) is 0 Å². The van der Waals surface area contributed by atoms with E-state index in [-0.39, 0.29) is 5.75 Å². The van der Waals surface area contributed by atoms with E-state index in [4.69, 9.17) is 4.55 Å². The van der Waals surface area contributed by atoms with Crippen LogP contribution in [0.1, 0.15) is 18.7 Å². The van der Waals surface area contributed by atoms with Gasteiger partial charge < -0.3 is 0 Å². The second-order valence-corrected chi connectivity index (χ2v) is 5.94. The number of hydrogen-bond donors (Lipinski definition) is 2. The van der Waals surface area contributed by atoms with Gasteiger partial charge in [-0.05, 0) is 25.0 Å². The predicted octanol–water partition coefficient (Wildman–Crippen LogP) is 1.43. The molecule has 0 fully saturated rings. The average molecular weight is 269 g/mol. The number of rotatable bonds is 5. The van der Waals surface area contributed by atoms with Crippen molar-refractivity contribution >= 4 is 21.2 Å². The molecule has 0 bridgehead atoms. The summed E-state index contributed by atoms with van der Waals surface area (Å²) in [7, 11) is -3.83. The molecule has 1 aromatic heterocycles. The molecule has 0 aliphatic rings. The van der Waals surface area contributed by atoms with Crippen LogP contribution in [0.3, 0.4) is 0 Å². The number of H-pyrrole nitrogens is 1. The van der Waals surface area contributed by atoms with Gasteiger partial charge in [0.25, 0.3) is 15.9 Å². The maximum Gasteiger partial charge on any atom is 0.264 e. The van der Waals surface area contributed by atoms with Gasteiger partial charge in [0, 0.05) is 6.92 Å². The van der Waals surface area contributed by atoms with Crippen molar-refractivity contribution < 1.29 is 17.5 Å². The van der Waals surface area contributed by atoms with E-state index >= 15 is 0 Å². The van der Waals surface area contributed by atoms with Gasteiger partial charge in [0.2, 0.25) is 0 Å². The first kappa shape index (κ1) is 13.0. The second-order valence-electron chi connectivity index (χ2n) is 4.37. The molecule has 5 nitrogen and oxygen atoms in total. The summed E-state index contributed by atoms with van der Waals surface area (Å²) in [4.78, 5) is 3.28. The van der Waals surface area contributed by atoms with Crippen LogP contribution in [0.5, 0.6) is 0 Å². The number of hydrogen-bond acceptors (Lipinski definition) is 2. The lowest BCUT2D eigenvalue weighted by Gasteiger charge is -1.99. The normalized spacial score (nSPS) is 12.1. The van der Waals surface area contributed by atoms with Crippen LogP contribution in [0.4, 0.5) is 0 Å². The number of para-hydroxylation sites is 2. The highest BCUT2D eigenvalue weighted by atomic mass is 32.2. The molecule has 6 heteroatoms. The Morgan fingerprint density at radius 1 is 1.28 bits per heavy atom. The maximum absolute atomic E-state index is 10.6. The molecule has 0 radical (unpaired) electrons. The van der Waals surface area contributed by atoms with Gasteiger partial charge in [0.05, 0.1) is 12.3 Å². The first-order valence-electron chi connectivity index (χ1n) is 5.90. The van der Waals surface area contributed by atoms with E-state index < -0.39 is 10.1 Å². The minimum absolute atomic E-state index is 0.172. The third-order valence-electron chi connectivity index (χ3n) is 2.95. The van der Waals surface area contributed by atoms with Gasteiger partial charge in [-0.2, -0.15) is 8.42 Å². The number of imidazole rings is 1. The van der Waals surface area contributed by atoms with E-state index in [1.54, 1.807) is 0 Å². The van der Waals surface area contributed by atoms with Gasteiger partial charge in [0.1, 0.15) is 0 Å². The molecular weight excluding hydrogens is 252 g/mol. The molecule has 1 heterocycles. The highest BCUT2D eigenvalue weighted by Crippen LogP contribution is 2.08. The summed E-state index contributed by atoms with van der Waals surface area (Å²) in [6.07, 6.45) is 1.18. The molecule has 0 saturated carbocycles. The molecule has 2 N–H and O–H groups in total. The summed E-state index contributed by atoms with van der Waals surface area (Å²) < 4.78 is 32.0. The van der Waals surface area contributed by atoms with Crippen LogP contribution >= 0.6 is 0 Å². The third-order valence-corrected chi connectivity index (χ3v) is 3.75. The van der Waals surface area contributed by atoms with Gasteiger partial charge in [-0.15, -0.1) is 0 Å². The number of unbranched alkanes of at least 4 members (excludes halogenated alkanes) is 1. The molecule has 2 aromatic rings. The highest BCUT2D eigenvalue weighted by molar-refractivity contribution is 7.85. The number of fused-ring (bicyclic) bond motifs is 1. The van der Waals surface area contributed by atoms with Crippen LogP contribution in [0.2, 0.25) is 0 Å². The molecule has 0 aliphatic heterocycles. The SMILES string of the molecule is Cc1[nH]c2ccccc2[n+]1CCCCS(=O)(=O)O. The summed E-state index contributed by atoms with van der Waals surface area (Å²) >= 11 is 0. The monoisotopic (exact) mass is 269 g/mol. The van der Waals surface area contributed by atoms with Crippen LogP contribution in [-0.4, -0.2) is 23.7 Å². The van der Waals surface area contributed by atoms with Crippen molar-refractivity contribution in [2.45, 2.75) is 26.3 Å². The fourth-order valence-electron chi connectivity index (χ4n) is 2.10. The molecule has 0 saturated heterocycles. The zero-order valence-corrected chi connectivity index (χ0v) is 11.1. The fourth-order valence-corrected chi connectivity index (χ4v) is 2.67. The van der Waals surface area contributed by atoms with Crippen molar-refractivity contribution in [3.05, 3.63) is 30.1 Å². The van der Waals surface area contributed by atoms with Crippen LogP contribution in [0.15, 0.2) is 24.3 Å². The molecule has 0 atom stereocenters. The van der Waals surface area contributed by atoms with Gasteiger partial charge in [0.15, 0.2) is 11.0 Å². The van der Waals surface area contributed by atoms with Gasteiger partial charge in [-0.1, -0.05) is 12.1 Å². The zero-order valence-electron chi connectivity index (χ0n) is 10.3. The molecule has 0 spiro atoms. The van der Waals surface area contributed by atoms with E-state index in [2.05, 4.69) is 9.55 Å². The van der Waals surface area contributed by atoms with Crippen molar-refractivity contribution in [3.63, 3.8) is 0 Å². The smallest absolute Gasteiger partial charge is 0.264 e. The van der Waals surface area contributed by atoms with Crippen molar-refractivity contribution in [2.75, 3.05) is 5.75 Å². The minimum atomic E-state index is -3.83. The quantitative estimate of drug-likeness (QED) is 0.490. The molecular formula is C12H17N2O3S+. The van der Waals surface area contributed by atoms with Crippen LogP contribution < -0.4 is 4.57 Å². The number of nitrogens with zero attached hydrogens (tertiary/aromatic N) is 1. The minimum Gasteiger partial charge on any atom is -0.286 e.